The molecule has 1 aliphatic carbocycles. The summed E-state index contributed by atoms with van der Waals surface area (Å²) in [5.41, 5.74) is 8.72. The Morgan fingerprint density at radius 3 is 2.77 bits per heavy atom. The Morgan fingerprint density at radius 2 is 2.13 bits per heavy atom. The molecule has 166 valence electrons. The summed E-state index contributed by atoms with van der Waals surface area (Å²) in [6, 6.07) is 3.17. The summed E-state index contributed by atoms with van der Waals surface area (Å²) in [4.78, 5) is 19.3. The van der Waals surface area contributed by atoms with Crippen molar-refractivity contribution in [3.63, 3.8) is 0 Å². The predicted octanol–water partition coefficient (Wildman–Crippen LogP) is 4.13. The zero-order valence-electron chi connectivity index (χ0n) is 18.3. The van der Waals surface area contributed by atoms with Crippen LogP contribution < -0.4 is 5.32 Å². The van der Waals surface area contributed by atoms with E-state index in [1.807, 2.05) is 38.3 Å². The van der Waals surface area contributed by atoms with Gasteiger partial charge in [0.2, 0.25) is 5.91 Å². The zero-order valence-corrected chi connectivity index (χ0v) is 19.1. The van der Waals surface area contributed by atoms with E-state index in [1.165, 1.54) is 25.7 Å². The number of rotatable bonds is 7. The lowest BCUT2D eigenvalue weighted by Gasteiger charge is -2.46. The second-order valence-corrected chi connectivity index (χ2v) is 10.9. The van der Waals surface area contributed by atoms with Gasteiger partial charge < -0.3 is 10.4 Å². The number of thiophene rings is 1. The van der Waals surface area contributed by atoms with Crippen molar-refractivity contribution in [1.29, 1.82) is 0 Å². The van der Waals surface area contributed by atoms with E-state index in [4.69, 9.17) is 5.53 Å². The van der Waals surface area contributed by atoms with Crippen LogP contribution in [0.25, 0.3) is 10.4 Å². The molecule has 2 N–H and O–H groups in total. The van der Waals surface area contributed by atoms with E-state index in [2.05, 4.69) is 20.2 Å². The van der Waals surface area contributed by atoms with Crippen molar-refractivity contribution in [2.75, 3.05) is 13.1 Å². The number of hydrogen-bond donors (Lipinski definition) is 2. The van der Waals surface area contributed by atoms with E-state index >= 15 is 0 Å². The Bertz CT molecular complexity index is 741. The second kappa shape index (κ2) is 10.1. The summed E-state index contributed by atoms with van der Waals surface area (Å²) in [5, 5.41) is 20.0. The van der Waals surface area contributed by atoms with Crippen molar-refractivity contribution in [2.45, 2.75) is 83.0 Å². The van der Waals surface area contributed by atoms with Gasteiger partial charge in [0, 0.05) is 28.4 Å². The minimum absolute atomic E-state index is 0.0392. The number of β-amino-alcohol motifs (C(OH)–C–C–N with tert-alkyl or cyclic N) is 1. The van der Waals surface area contributed by atoms with Crippen molar-refractivity contribution in [1.82, 2.24) is 10.2 Å². The van der Waals surface area contributed by atoms with E-state index in [9.17, 15) is 9.90 Å². The van der Waals surface area contributed by atoms with Crippen LogP contribution in [0, 0.1) is 11.8 Å². The van der Waals surface area contributed by atoms with Gasteiger partial charge >= 0.3 is 0 Å². The number of carbonyl (C=O) groups is 1. The first kappa shape index (κ1) is 23.1. The third-order valence-corrected chi connectivity index (χ3v) is 7.26. The normalized spacial score (nSPS) is 26.9. The molecule has 2 heterocycles. The van der Waals surface area contributed by atoms with Crippen LogP contribution in [0.5, 0.6) is 0 Å². The van der Waals surface area contributed by atoms with Gasteiger partial charge in [-0.15, -0.1) is 11.3 Å². The number of amides is 1. The number of azide groups is 1. The third-order valence-electron chi connectivity index (χ3n) is 6.36. The topological polar surface area (TPSA) is 101 Å². The van der Waals surface area contributed by atoms with E-state index < -0.39 is 12.1 Å². The van der Waals surface area contributed by atoms with Crippen LogP contribution in [-0.2, 0) is 11.2 Å². The molecule has 2 fully saturated rings. The first-order valence-corrected chi connectivity index (χ1v) is 12.0. The third kappa shape index (κ3) is 6.20. The van der Waals surface area contributed by atoms with Crippen molar-refractivity contribution in [3.8, 4) is 0 Å². The molecule has 2 aliphatic rings. The number of nitrogens with zero attached hydrogens (tertiary/aromatic N) is 4. The minimum atomic E-state index is -0.812. The molecule has 1 aliphatic heterocycles. The Hall–Kier alpha value is -1.60. The van der Waals surface area contributed by atoms with Gasteiger partial charge in [-0.2, -0.15) is 0 Å². The zero-order chi connectivity index (χ0) is 21.7. The van der Waals surface area contributed by atoms with E-state index in [1.54, 1.807) is 11.3 Å². The van der Waals surface area contributed by atoms with E-state index in [0.717, 1.165) is 17.8 Å². The number of hydrogen-bond acceptors (Lipinski definition) is 5. The smallest absolute Gasteiger partial charge is 0.237 e. The fraction of sp³-hybridized carbons (Fsp3) is 0.773. The highest BCUT2D eigenvalue weighted by Gasteiger charge is 2.41. The molecule has 8 heteroatoms. The SMILES string of the molecule is CC(C)(C)NC(=O)[C@@H]1C[C@@H]2CCCC[C@@H]2CN1C[C@@H](O)[C@H](Cc1cccs1)N=[N+]=[N-]. The summed E-state index contributed by atoms with van der Waals surface area (Å²) in [7, 11) is 0. The molecule has 1 aromatic rings. The molecular formula is C22H35N5O2S. The summed E-state index contributed by atoms with van der Waals surface area (Å²) in [6.45, 7) is 7.16. The van der Waals surface area contributed by atoms with Gasteiger partial charge in [0.1, 0.15) is 0 Å². The number of nitrogens with one attached hydrogen (secondary N) is 1. The minimum Gasteiger partial charge on any atom is -0.391 e. The van der Waals surface area contributed by atoms with Crippen LogP contribution >= 0.6 is 11.3 Å². The lowest BCUT2D eigenvalue weighted by molar-refractivity contribution is -0.132. The monoisotopic (exact) mass is 433 g/mol. The fourth-order valence-corrected chi connectivity index (χ4v) is 5.70. The highest BCUT2D eigenvalue weighted by molar-refractivity contribution is 7.09. The average molecular weight is 434 g/mol. The summed E-state index contributed by atoms with van der Waals surface area (Å²) in [5.74, 6) is 1.21. The first-order chi connectivity index (χ1) is 14.3. The highest BCUT2D eigenvalue weighted by Crippen LogP contribution is 2.39. The molecule has 0 aromatic carbocycles. The standard InChI is InChI=1S/C22H35N5O2S/c1-22(2,3)24-21(29)19-11-15-7-4-5-8-16(15)13-27(19)14-20(28)18(25-26-23)12-17-9-6-10-30-17/h6,9-10,15-16,18-20,28H,4-5,7-8,11-14H2,1-3H3,(H,24,29)/t15-,16+,18-,19-,20+/m0/s1. The van der Waals surface area contributed by atoms with E-state index in [-0.39, 0.29) is 17.5 Å². The van der Waals surface area contributed by atoms with Crippen molar-refractivity contribution in [2.24, 2.45) is 17.0 Å². The quantitative estimate of drug-likeness (QED) is 0.384. The Morgan fingerprint density at radius 1 is 1.40 bits per heavy atom. The van der Waals surface area contributed by atoms with Crippen molar-refractivity contribution < 1.29 is 9.90 Å². The molecule has 1 aromatic heterocycles. The Labute approximate surface area is 183 Å². The maximum atomic E-state index is 13.1. The van der Waals surface area contributed by atoms with Gasteiger partial charge in [-0.05, 0) is 68.8 Å². The van der Waals surface area contributed by atoms with Gasteiger partial charge in [0.25, 0.3) is 0 Å². The lowest BCUT2D eigenvalue weighted by Crippen LogP contribution is -2.59. The summed E-state index contributed by atoms with van der Waals surface area (Å²) in [6.07, 6.45) is 5.43. The van der Waals surface area contributed by atoms with Gasteiger partial charge in [-0.3, -0.25) is 9.69 Å². The van der Waals surface area contributed by atoms with E-state index in [0.29, 0.717) is 24.8 Å². The van der Waals surface area contributed by atoms with Crippen molar-refractivity contribution >= 4 is 17.2 Å². The van der Waals surface area contributed by atoms with Gasteiger partial charge in [-0.1, -0.05) is 30.4 Å². The molecule has 30 heavy (non-hydrogen) atoms. The predicted molar refractivity (Wildman–Crippen MR) is 120 cm³/mol. The second-order valence-electron chi connectivity index (χ2n) is 9.87. The molecule has 1 saturated carbocycles. The molecule has 7 nitrogen and oxygen atoms in total. The molecular weight excluding hydrogens is 398 g/mol. The number of fused-ring (bicyclic) bond motifs is 1. The van der Waals surface area contributed by atoms with Crippen LogP contribution in [-0.4, -0.2) is 52.7 Å². The number of aliphatic hydroxyl groups is 1. The largest absolute Gasteiger partial charge is 0.391 e. The van der Waals surface area contributed by atoms with Gasteiger partial charge in [0.15, 0.2) is 0 Å². The number of piperidine rings is 1. The highest BCUT2D eigenvalue weighted by atomic mass is 32.1. The fourth-order valence-electron chi connectivity index (χ4n) is 4.94. The molecule has 0 spiro atoms. The molecule has 0 unspecified atom stereocenters. The first-order valence-electron chi connectivity index (χ1n) is 11.1. The van der Waals surface area contributed by atoms with Crippen molar-refractivity contribution in [3.05, 3.63) is 32.8 Å². The van der Waals surface area contributed by atoms with Crippen LogP contribution in [0.2, 0.25) is 0 Å². The summed E-state index contributed by atoms with van der Waals surface area (Å²) >= 11 is 1.60. The summed E-state index contributed by atoms with van der Waals surface area (Å²) < 4.78 is 0. The lowest BCUT2D eigenvalue weighted by atomic mass is 9.72. The number of carbonyl (C=O) groups excluding carboxylic acids is 1. The molecule has 5 atom stereocenters. The maximum absolute atomic E-state index is 13.1. The molecule has 1 saturated heterocycles. The average Bonchev–Trinajstić information content (AvgIpc) is 3.19. The molecule has 0 radical (unpaired) electrons. The maximum Gasteiger partial charge on any atom is 0.237 e. The van der Waals surface area contributed by atoms with Gasteiger partial charge in [0.05, 0.1) is 18.2 Å². The molecule has 0 bridgehead atoms. The van der Waals surface area contributed by atoms with Crippen LogP contribution in [0.15, 0.2) is 22.6 Å². The Kier molecular flexibility index (Phi) is 7.80. The molecule has 1 amide bonds. The van der Waals surface area contributed by atoms with Crippen LogP contribution in [0.3, 0.4) is 0 Å². The Balaban J connectivity index is 1.74. The van der Waals surface area contributed by atoms with Crippen LogP contribution in [0.4, 0.5) is 0 Å². The molecule has 3 rings (SSSR count). The van der Waals surface area contributed by atoms with Gasteiger partial charge in [-0.25, -0.2) is 0 Å². The number of aliphatic hydroxyl groups excluding tert-OH is 1. The number of likely N-dealkylation sites (tertiary alicyclic amines) is 1. The van der Waals surface area contributed by atoms with Crippen LogP contribution in [0.1, 0.15) is 57.8 Å².